The molecule has 0 saturated carbocycles. The van der Waals surface area contributed by atoms with Crippen molar-refractivity contribution in [3.63, 3.8) is 0 Å². The van der Waals surface area contributed by atoms with Gasteiger partial charge >= 0.3 is 5.97 Å². The molecular weight excluding hydrogens is 1510 g/mol. The molecule has 3 saturated heterocycles. The van der Waals surface area contributed by atoms with Crippen LogP contribution in [0.15, 0.2) is 308 Å². The van der Waals surface area contributed by atoms with Crippen LogP contribution in [0, 0.1) is 29.1 Å². The monoisotopic (exact) mass is 1600 g/mol. The van der Waals surface area contributed by atoms with Gasteiger partial charge in [0.25, 0.3) is 0 Å². The highest BCUT2D eigenvalue weighted by molar-refractivity contribution is 7.99. The van der Waals surface area contributed by atoms with Gasteiger partial charge in [0.1, 0.15) is 90.9 Å². The van der Waals surface area contributed by atoms with E-state index in [1.54, 1.807) is 0 Å². The van der Waals surface area contributed by atoms with Gasteiger partial charge in [-0.15, -0.1) is 0 Å². The van der Waals surface area contributed by atoms with E-state index in [0.717, 1.165) is 44.5 Å². The quantitative estimate of drug-likeness (QED) is 0.0156. The predicted octanol–water partition coefficient (Wildman–Crippen LogP) is 17.8. The number of carbonyl (C=O) groups excluding carboxylic acids is 1. The average molecular weight is 1600 g/mol. The highest BCUT2D eigenvalue weighted by Crippen LogP contribution is 2.43. The molecule has 0 radical (unpaired) electrons. The van der Waals surface area contributed by atoms with Crippen molar-refractivity contribution >= 4 is 17.7 Å². The lowest BCUT2D eigenvalue weighted by atomic mass is 9.95. The summed E-state index contributed by atoms with van der Waals surface area (Å²) in [5.74, 6) is -13.9. The van der Waals surface area contributed by atoms with Crippen LogP contribution in [0.4, 0.5) is 22.0 Å². The summed E-state index contributed by atoms with van der Waals surface area (Å²) >= 11 is 1.23. The minimum Gasteiger partial charge on any atom is -0.459 e. The number of hydrogen-bond donors (Lipinski definition) is 0. The Morgan fingerprint density at radius 2 is 0.517 bits per heavy atom. The molecule has 0 N–H and O–H groups in total. The molecule has 22 heteroatoms. The fourth-order valence-electron chi connectivity index (χ4n) is 14.0. The number of hydrogen-bond acceptors (Lipinski definition) is 17. The Morgan fingerprint density at radius 1 is 0.267 bits per heavy atom. The van der Waals surface area contributed by atoms with Gasteiger partial charge in [-0.05, 0) is 62.2 Å². The van der Waals surface area contributed by atoms with Gasteiger partial charge in [-0.1, -0.05) is 303 Å². The van der Waals surface area contributed by atoms with Gasteiger partial charge in [0.15, 0.2) is 35.8 Å². The van der Waals surface area contributed by atoms with E-state index in [0.29, 0.717) is 10.5 Å². The Hall–Kier alpha value is -9.67. The summed E-state index contributed by atoms with van der Waals surface area (Å²) in [7, 11) is 0. The fourth-order valence-corrected chi connectivity index (χ4v) is 15.2. The summed E-state index contributed by atoms with van der Waals surface area (Å²) in [5, 5.41) is 0. The van der Waals surface area contributed by atoms with Crippen LogP contribution in [0.1, 0.15) is 60.4 Å². The first kappa shape index (κ1) is 82.8. The van der Waals surface area contributed by atoms with Crippen molar-refractivity contribution < 1.29 is 97.8 Å². The lowest BCUT2D eigenvalue weighted by molar-refractivity contribution is -0.388. The van der Waals surface area contributed by atoms with Crippen LogP contribution in [0.5, 0.6) is 0 Å². The van der Waals surface area contributed by atoms with Crippen LogP contribution in [0.3, 0.4) is 0 Å². The molecule has 602 valence electrons. The second-order valence-corrected chi connectivity index (χ2v) is 29.3. The molecule has 0 aliphatic carbocycles. The number of carbonyl (C=O) groups is 1. The predicted molar refractivity (Wildman–Crippen MR) is 422 cm³/mol. The normalized spacial score (nSPS) is 23.4. The van der Waals surface area contributed by atoms with Crippen LogP contribution >= 0.6 is 11.8 Å². The van der Waals surface area contributed by atoms with E-state index in [4.69, 9.17) is 71.1 Å². The Kier molecular flexibility index (Phi) is 30.3. The van der Waals surface area contributed by atoms with Crippen molar-refractivity contribution in [2.24, 2.45) is 0 Å². The number of halogens is 5. The second kappa shape index (κ2) is 42.5. The number of rotatable bonds is 38. The molecule has 11 aromatic rings. The first-order valence-electron chi connectivity index (χ1n) is 38.5. The molecule has 3 heterocycles. The zero-order valence-corrected chi connectivity index (χ0v) is 64.2. The Labute approximate surface area is 675 Å². The highest BCUT2D eigenvalue weighted by atomic mass is 32.2. The maximum Gasteiger partial charge on any atom is 0.344 e. The van der Waals surface area contributed by atoms with E-state index in [1.165, 1.54) is 11.8 Å². The third-order valence-electron chi connectivity index (χ3n) is 19.9. The summed E-state index contributed by atoms with van der Waals surface area (Å²) in [5.41, 5.74) is 4.35. The second-order valence-electron chi connectivity index (χ2n) is 28.1. The van der Waals surface area contributed by atoms with E-state index < -0.39 is 138 Å². The first-order chi connectivity index (χ1) is 57.0. The van der Waals surface area contributed by atoms with Crippen molar-refractivity contribution in [2.75, 3.05) is 19.8 Å². The summed E-state index contributed by atoms with van der Waals surface area (Å²) in [6.07, 6.45) is -17.8. The Balaban J connectivity index is 0.918. The Morgan fingerprint density at radius 3 is 0.853 bits per heavy atom. The molecule has 0 unspecified atom stereocenters. The van der Waals surface area contributed by atoms with Gasteiger partial charge in [0, 0.05) is 4.90 Å². The fraction of sp³-hybridized carbons (Fsp3) is 0.287. The lowest BCUT2D eigenvalue weighted by Crippen LogP contribution is -2.68. The zero-order chi connectivity index (χ0) is 79.6. The molecule has 3 fully saturated rings. The van der Waals surface area contributed by atoms with Gasteiger partial charge in [-0.25, -0.2) is 26.7 Å². The van der Waals surface area contributed by atoms with Crippen LogP contribution < -0.4 is 0 Å². The van der Waals surface area contributed by atoms with Gasteiger partial charge in [0.2, 0.25) is 5.82 Å². The third-order valence-corrected chi connectivity index (χ3v) is 21.1. The summed E-state index contributed by atoms with van der Waals surface area (Å²) < 4.78 is 184. The van der Waals surface area contributed by atoms with Gasteiger partial charge < -0.3 is 71.1 Å². The van der Waals surface area contributed by atoms with E-state index >= 15 is 17.6 Å². The van der Waals surface area contributed by atoms with E-state index in [9.17, 15) is 9.18 Å². The lowest BCUT2D eigenvalue weighted by Gasteiger charge is -2.52. The summed E-state index contributed by atoms with van der Waals surface area (Å²) in [6, 6.07) is 95.3. The van der Waals surface area contributed by atoms with Crippen molar-refractivity contribution in [1.29, 1.82) is 0 Å². The molecule has 0 aromatic heterocycles. The number of ether oxygens (including phenoxy) is 15. The van der Waals surface area contributed by atoms with E-state index in [2.05, 4.69) is 0 Å². The molecule has 3 aliphatic heterocycles. The van der Waals surface area contributed by atoms with Crippen molar-refractivity contribution in [3.05, 3.63) is 388 Å². The molecule has 0 bridgehead atoms. The van der Waals surface area contributed by atoms with E-state index in [-0.39, 0.29) is 72.7 Å². The molecule has 116 heavy (non-hydrogen) atoms. The largest absolute Gasteiger partial charge is 0.459 e. The van der Waals surface area contributed by atoms with Crippen molar-refractivity contribution in [1.82, 2.24) is 0 Å². The maximum atomic E-state index is 15.8. The highest BCUT2D eigenvalue weighted by Gasteiger charge is 2.58. The molecule has 15 atom stereocenters. The molecule has 16 nitrogen and oxygen atoms in total. The third kappa shape index (κ3) is 22.5. The molecule has 0 amide bonds. The number of benzene rings is 11. The van der Waals surface area contributed by atoms with Crippen LogP contribution in [-0.2, 0) is 131 Å². The van der Waals surface area contributed by atoms with Gasteiger partial charge in [-0.3, -0.25) is 0 Å². The maximum absolute atomic E-state index is 15.8. The standard InChI is InChI=1S/C94H89F5O16S/c95-77-76(78(96)80(98)81(99)79(77)97)91(100)110-62-75-84(87(106-56-68-41-21-6-22-42-68)90(109-59-71-47-27-9-28-48-71)94(113-75)116-72-49-29-10-30-50-72)115-93-89(108-58-70-45-25-8-26-46-70)86(105-55-67-39-19-5-20-40-67)83(74(112-93)61-102-52-64-33-13-2-14-34-64)114-92-88(107-57-69-43-23-7-24-44-69)85(104-54-66-37-17-4-18-38-66)82(103-53-65-35-15-3-16-36-65)73(111-92)60-101-51-63-31-11-1-12-32-63/h1-50,73-75,82-90,92-94H,51-62H2/t73-,74-,75-,82-,83-,84-,85+,86+,87+,88+,89+,90+,92-,93-,94-/m1/s1. The molecule has 3 aliphatic rings. The minimum absolute atomic E-state index is 0.00608. The van der Waals surface area contributed by atoms with Gasteiger partial charge in [0.05, 0.1) is 72.7 Å². The number of esters is 1. The summed E-state index contributed by atoms with van der Waals surface area (Å²) in [4.78, 5) is 15.0. The zero-order valence-electron chi connectivity index (χ0n) is 63.3. The van der Waals surface area contributed by atoms with Crippen LogP contribution in [0.2, 0.25) is 0 Å². The SMILES string of the molecule is O=C(OC[C@H]1O[C@H](Sc2ccccc2)[C@@H](OCc2ccccc2)[C@@H](OCc2ccccc2)[C@@H]1O[C@H]1O[C@H](COCc2ccccc2)[C@@H](O[C@H]2O[C@H](COCc3ccccc3)[C@@H](OCc3ccccc3)[C@H](OCc3ccccc3)[C@@H]2OCc2ccccc2)[C@H](OCc2ccccc2)[C@@H]1OCc1ccccc1)c1c(F)c(F)c(F)c(F)c1F. The minimum atomic E-state index is -2.47. The van der Waals surface area contributed by atoms with Crippen LogP contribution in [0.25, 0.3) is 0 Å². The Bertz CT molecular complexity index is 4700. The van der Waals surface area contributed by atoms with Crippen molar-refractivity contribution in [3.8, 4) is 0 Å². The van der Waals surface area contributed by atoms with Crippen molar-refractivity contribution in [2.45, 2.75) is 156 Å². The molecule has 0 spiro atoms. The van der Waals surface area contributed by atoms with E-state index in [1.807, 2.05) is 303 Å². The molecular formula is C94H89F5O16S. The first-order valence-corrected chi connectivity index (χ1v) is 39.4. The smallest absolute Gasteiger partial charge is 0.344 e. The molecule has 14 rings (SSSR count). The van der Waals surface area contributed by atoms with Gasteiger partial charge in [-0.2, -0.15) is 0 Å². The average Bonchev–Trinajstić information content (AvgIpc) is 0.765. The van der Waals surface area contributed by atoms with Crippen LogP contribution in [-0.4, -0.2) is 117 Å². The number of thioether (sulfide) groups is 1. The topological polar surface area (TPSA) is 156 Å². The molecule has 11 aromatic carbocycles. The summed E-state index contributed by atoms with van der Waals surface area (Å²) in [6.45, 7) is -0.904.